The van der Waals surface area contributed by atoms with Crippen molar-refractivity contribution in [1.82, 2.24) is 4.90 Å². The second-order valence-corrected chi connectivity index (χ2v) is 4.39. The number of benzene rings is 1. The summed E-state index contributed by atoms with van der Waals surface area (Å²) in [7, 11) is 0. The van der Waals surface area contributed by atoms with E-state index in [0.717, 1.165) is 5.56 Å². The molecule has 2 rings (SSSR count). The molecule has 1 heterocycles. The number of rotatable bonds is 5. The molecule has 1 amide bonds. The lowest BCUT2D eigenvalue weighted by Gasteiger charge is -2.20. The molecule has 19 heavy (non-hydrogen) atoms. The second kappa shape index (κ2) is 6.22. The van der Waals surface area contributed by atoms with Gasteiger partial charge >= 0.3 is 12.1 Å². The Morgan fingerprint density at radius 2 is 2.16 bits per heavy atom. The van der Waals surface area contributed by atoms with Crippen LogP contribution in [0.2, 0.25) is 0 Å². The highest BCUT2D eigenvalue weighted by atomic mass is 16.6. The van der Waals surface area contributed by atoms with Crippen molar-refractivity contribution in [3.05, 3.63) is 35.9 Å². The van der Waals surface area contributed by atoms with Crippen molar-refractivity contribution >= 4 is 12.1 Å². The molecule has 0 saturated carbocycles. The maximum atomic E-state index is 11.6. The Balaban J connectivity index is 1.95. The molecule has 1 fully saturated rings. The number of ether oxygens (including phenoxy) is 2. The fraction of sp³-hybridized carbons (Fsp3) is 0.429. The van der Waals surface area contributed by atoms with Gasteiger partial charge in [-0.1, -0.05) is 37.3 Å². The van der Waals surface area contributed by atoms with Gasteiger partial charge in [0.15, 0.2) is 6.73 Å². The van der Waals surface area contributed by atoms with Crippen LogP contribution in [0.5, 0.6) is 0 Å². The first-order valence-corrected chi connectivity index (χ1v) is 6.33. The molecule has 0 radical (unpaired) electrons. The highest BCUT2D eigenvalue weighted by molar-refractivity contribution is 5.71. The predicted molar refractivity (Wildman–Crippen MR) is 68.4 cm³/mol. The van der Waals surface area contributed by atoms with E-state index in [1.165, 1.54) is 4.90 Å². The summed E-state index contributed by atoms with van der Waals surface area (Å²) in [6, 6.07) is 9.76. The number of carbonyl (C=O) groups is 2. The van der Waals surface area contributed by atoms with Crippen molar-refractivity contribution in [1.29, 1.82) is 0 Å². The Kier molecular flexibility index (Phi) is 4.39. The van der Waals surface area contributed by atoms with Crippen molar-refractivity contribution in [3.8, 4) is 0 Å². The maximum Gasteiger partial charge on any atom is 0.412 e. The fourth-order valence-electron chi connectivity index (χ4n) is 1.95. The van der Waals surface area contributed by atoms with E-state index < -0.39 is 6.09 Å². The normalized spacial score (nSPS) is 18.3. The van der Waals surface area contributed by atoms with Gasteiger partial charge in [0.25, 0.3) is 0 Å². The van der Waals surface area contributed by atoms with E-state index in [2.05, 4.69) is 0 Å². The number of esters is 1. The van der Waals surface area contributed by atoms with Gasteiger partial charge < -0.3 is 9.47 Å². The standard InChI is InChI=1S/C14H17NO4/c1-2-13(16)19-10-15-12(9-18-14(15)17)8-11-6-4-3-5-7-11/h3-7,12H,2,8-10H2,1H3/t12-/m1/s1. The summed E-state index contributed by atoms with van der Waals surface area (Å²) in [6.07, 6.45) is 0.563. The predicted octanol–water partition coefficient (Wildman–Crippen LogP) is 1.96. The van der Waals surface area contributed by atoms with Gasteiger partial charge in [-0.15, -0.1) is 0 Å². The van der Waals surface area contributed by atoms with Crippen molar-refractivity contribution in [2.24, 2.45) is 0 Å². The van der Waals surface area contributed by atoms with Crippen LogP contribution in [0.4, 0.5) is 4.79 Å². The van der Waals surface area contributed by atoms with Crippen LogP contribution in [-0.2, 0) is 20.7 Å². The van der Waals surface area contributed by atoms with Gasteiger partial charge in [-0.2, -0.15) is 0 Å². The molecule has 0 N–H and O–H groups in total. The molecule has 1 aromatic rings. The van der Waals surface area contributed by atoms with Gasteiger partial charge in [-0.05, 0) is 12.0 Å². The van der Waals surface area contributed by atoms with Crippen molar-refractivity contribution in [3.63, 3.8) is 0 Å². The van der Waals surface area contributed by atoms with Crippen LogP contribution in [0.1, 0.15) is 18.9 Å². The van der Waals surface area contributed by atoms with E-state index in [9.17, 15) is 9.59 Å². The highest BCUT2D eigenvalue weighted by Crippen LogP contribution is 2.17. The largest absolute Gasteiger partial charge is 0.447 e. The number of carbonyl (C=O) groups excluding carboxylic acids is 2. The van der Waals surface area contributed by atoms with Gasteiger partial charge in [0.2, 0.25) is 0 Å². The number of cyclic esters (lactones) is 1. The smallest absolute Gasteiger partial charge is 0.412 e. The summed E-state index contributed by atoms with van der Waals surface area (Å²) < 4.78 is 10.0. The number of amides is 1. The number of hydrogen-bond acceptors (Lipinski definition) is 4. The lowest BCUT2D eigenvalue weighted by atomic mass is 10.1. The zero-order valence-corrected chi connectivity index (χ0v) is 10.9. The topological polar surface area (TPSA) is 55.8 Å². The van der Waals surface area contributed by atoms with E-state index in [1.807, 2.05) is 30.3 Å². The van der Waals surface area contributed by atoms with Crippen LogP contribution in [-0.4, -0.2) is 36.3 Å². The first-order valence-electron chi connectivity index (χ1n) is 6.33. The Morgan fingerprint density at radius 1 is 1.42 bits per heavy atom. The minimum absolute atomic E-state index is 0.0387. The first kappa shape index (κ1) is 13.4. The average molecular weight is 263 g/mol. The quantitative estimate of drug-likeness (QED) is 0.762. The second-order valence-electron chi connectivity index (χ2n) is 4.39. The molecule has 1 saturated heterocycles. The molecule has 1 aliphatic rings. The van der Waals surface area contributed by atoms with Gasteiger partial charge in [-0.3, -0.25) is 9.69 Å². The van der Waals surface area contributed by atoms with Crippen molar-refractivity contribution < 1.29 is 19.1 Å². The molecule has 102 valence electrons. The third-order valence-corrected chi connectivity index (χ3v) is 3.04. The summed E-state index contributed by atoms with van der Waals surface area (Å²) in [4.78, 5) is 24.2. The molecule has 0 bridgehead atoms. The maximum absolute atomic E-state index is 11.6. The van der Waals surface area contributed by atoms with Gasteiger partial charge in [0, 0.05) is 6.42 Å². The van der Waals surface area contributed by atoms with Crippen LogP contribution in [0.25, 0.3) is 0 Å². The number of hydrogen-bond donors (Lipinski definition) is 0. The van der Waals surface area contributed by atoms with E-state index >= 15 is 0 Å². The van der Waals surface area contributed by atoms with Crippen LogP contribution in [0, 0.1) is 0 Å². The molecular formula is C14H17NO4. The van der Waals surface area contributed by atoms with E-state index in [1.54, 1.807) is 6.92 Å². The Labute approximate surface area is 112 Å². The Morgan fingerprint density at radius 3 is 2.84 bits per heavy atom. The molecule has 0 aliphatic carbocycles. The minimum atomic E-state index is -0.426. The molecule has 0 unspecified atom stereocenters. The van der Waals surface area contributed by atoms with Crippen LogP contribution >= 0.6 is 0 Å². The van der Waals surface area contributed by atoms with Gasteiger partial charge in [-0.25, -0.2) is 4.79 Å². The molecule has 1 atom stereocenters. The van der Waals surface area contributed by atoms with Gasteiger partial charge in [0.1, 0.15) is 6.61 Å². The van der Waals surface area contributed by atoms with Crippen molar-refractivity contribution in [2.45, 2.75) is 25.8 Å². The molecule has 5 heteroatoms. The third kappa shape index (κ3) is 3.47. The van der Waals surface area contributed by atoms with Gasteiger partial charge in [0.05, 0.1) is 6.04 Å². The average Bonchev–Trinajstić information content (AvgIpc) is 2.78. The molecular weight excluding hydrogens is 246 g/mol. The molecule has 0 spiro atoms. The molecule has 1 aliphatic heterocycles. The highest BCUT2D eigenvalue weighted by Gasteiger charge is 2.33. The lowest BCUT2D eigenvalue weighted by molar-refractivity contribution is -0.147. The summed E-state index contributed by atoms with van der Waals surface area (Å²) >= 11 is 0. The first-order chi connectivity index (χ1) is 9.20. The fourth-order valence-corrected chi connectivity index (χ4v) is 1.95. The SMILES string of the molecule is CCC(=O)OCN1C(=O)OC[C@H]1Cc1ccccc1. The lowest BCUT2D eigenvalue weighted by Crippen LogP contribution is -2.37. The monoisotopic (exact) mass is 263 g/mol. The molecule has 5 nitrogen and oxygen atoms in total. The zero-order valence-electron chi connectivity index (χ0n) is 10.9. The Hall–Kier alpha value is -2.04. The number of nitrogens with zero attached hydrogens (tertiary/aromatic N) is 1. The van der Waals surface area contributed by atoms with E-state index in [0.29, 0.717) is 19.4 Å². The summed E-state index contributed by atoms with van der Waals surface area (Å²) in [5, 5.41) is 0. The minimum Gasteiger partial charge on any atom is -0.447 e. The van der Waals surface area contributed by atoms with Crippen LogP contribution < -0.4 is 0 Å². The molecule has 1 aromatic carbocycles. The third-order valence-electron chi connectivity index (χ3n) is 3.04. The van der Waals surface area contributed by atoms with E-state index in [4.69, 9.17) is 9.47 Å². The molecule has 0 aromatic heterocycles. The summed E-state index contributed by atoms with van der Waals surface area (Å²) in [5.74, 6) is -0.321. The zero-order chi connectivity index (χ0) is 13.7. The van der Waals surface area contributed by atoms with Crippen molar-refractivity contribution in [2.75, 3.05) is 13.3 Å². The Bertz CT molecular complexity index is 446. The van der Waals surface area contributed by atoms with Crippen LogP contribution in [0.3, 0.4) is 0 Å². The summed E-state index contributed by atoms with van der Waals surface area (Å²) in [5.41, 5.74) is 1.12. The van der Waals surface area contributed by atoms with E-state index in [-0.39, 0.29) is 18.7 Å². The van der Waals surface area contributed by atoms with Crippen LogP contribution in [0.15, 0.2) is 30.3 Å². The summed E-state index contributed by atoms with van der Waals surface area (Å²) in [6.45, 7) is 2.01.